The van der Waals surface area contributed by atoms with Gasteiger partial charge in [-0.05, 0) is 37.7 Å². The van der Waals surface area contributed by atoms with Crippen molar-refractivity contribution >= 4 is 34.1 Å². The minimum absolute atomic E-state index is 0.130. The maximum Gasteiger partial charge on any atom is 0.341 e. The molecule has 7 heteroatoms. The lowest BCUT2D eigenvalue weighted by molar-refractivity contribution is -0.125. The first-order chi connectivity index (χ1) is 12.2. The highest BCUT2D eigenvalue weighted by Gasteiger charge is 2.28. The van der Waals surface area contributed by atoms with Crippen molar-refractivity contribution in [1.82, 2.24) is 5.32 Å². The summed E-state index contributed by atoms with van der Waals surface area (Å²) < 4.78 is 5.21. The van der Waals surface area contributed by atoms with E-state index in [1.165, 1.54) is 24.7 Å². The maximum absolute atomic E-state index is 12.4. The van der Waals surface area contributed by atoms with Crippen molar-refractivity contribution in [2.45, 2.75) is 59.9 Å². The molecular formula is C19H28N2O4S. The van der Waals surface area contributed by atoms with E-state index in [-0.39, 0.29) is 24.5 Å². The smallest absolute Gasteiger partial charge is 0.341 e. The molecule has 1 aromatic rings. The summed E-state index contributed by atoms with van der Waals surface area (Å²) in [6.07, 6.45) is 3.25. The number of rotatable bonds is 5. The number of carbonyl (C=O) groups is 3. The highest BCUT2D eigenvalue weighted by Crippen LogP contribution is 2.33. The average molecular weight is 381 g/mol. The van der Waals surface area contributed by atoms with Crippen LogP contribution in [0.15, 0.2) is 0 Å². The minimum atomic E-state index is -0.587. The van der Waals surface area contributed by atoms with Gasteiger partial charge in [0.05, 0.1) is 5.56 Å². The molecule has 3 atom stereocenters. The molecule has 6 nitrogen and oxygen atoms in total. The van der Waals surface area contributed by atoms with Crippen molar-refractivity contribution in [1.29, 1.82) is 0 Å². The number of hydrogen-bond donors (Lipinski definition) is 2. The largest absolute Gasteiger partial charge is 0.452 e. The van der Waals surface area contributed by atoms with Crippen molar-refractivity contribution in [3.05, 3.63) is 16.0 Å². The number of thiophene rings is 1. The number of amides is 2. The number of hydrogen-bond acceptors (Lipinski definition) is 5. The zero-order chi connectivity index (χ0) is 19.4. The Morgan fingerprint density at radius 3 is 2.54 bits per heavy atom. The van der Waals surface area contributed by atoms with Crippen molar-refractivity contribution in [3.8, 4) is 0 Å². The Bertz CT molecular complexity index is 698. The zero-order valence-electron chi connectivity index (χ0n) is 16.1. The Morgan fingerprint density at radius 2 is 1.88 bits per heavy atom. The lowest BCUT2D eigenvalue weighted by Gasteiger charge is -2.34. The summed E-state index contributed by atoms with van der Waals surface area (Å²) >= 11 is 1.33. The first-order valence-corrected chi connectivity index (χ1v) is 9.86. The molecule has 0 spiro atoms. The zero-order valence-corrected chi connectivity index (χ0v) is 16.9. The van der Waals surface area contributed by atoms with Crippen molar-refractivity contribution in [2.75, 3.05) is 11.9 Å². The van der Waals surface area contributed by atoms with Crippen LogP contribution in [0, 0.1) is 25.7 Å². The number of esters is 1. The van der Waals surface area contributed by atoms with Gasteiger partial charge in [0.1, 0.15) is 5.00 Å². The fraction of sp³-hybridized carbons (Fsp3) is 0.632. The predicted molar refractivity (Wildman–Crippen MR) is 102 cm³/mol. The molecule has 0 saturated heterocycles. The molecule has 1 fully saturated rings. The molecule has 0 aromatic carbocycles. The molecule has 2 rings (SSSR count). The molecule has 0 bridgehead atoms. The Labute approximate surface area is 158 Å². The van der Waals surface area contributed by atoms with Crippen molar-refractivity contribution in [2.24, 2.45) is 11.8 Å². The molecule has 2 amide bonds. The SMILES string of the molecule is CC(=O)Nc1sc(C)c(C)c1C(=O)OCC(=O)NC1CCCC(C)C1C. The summed E-state index contributed by atoms with van der Waals surface area (Å²) in [6, 6.07) is 0.130. The standard InChI is InChI=1S/C19H28N2O4S/c1-10-7-6-8-15(11(10)2)21-16(23)9-25-19(24)17-12(3)13(4)26-18(17)20-14(5)22/h10-11,15H,6-9H2,1-5H3,(H,20,22)(H,21,23). The van der Waals surface area contributed by atoms with Crippen LogP contribution in [0.5, 0.6) is 0 Å². The first kappa shape index (κ1) is 20.4. The quantitative estimate of drug-likeness (QED) is 0.767. The number of nitrogens with one attached hydrogen (secondary N) is 2. The Morgan fingerprint density at radius 1 is 1.19 bits per heavy atom. The fourth-order valence-corrected chi connectivity index (χ4v) is 4.45. The van der Waals surface area contributed by atoms with E-state index in [9.17, 15) is 14.4 Å². The summed E-state index contributed by atoms with van der Waals surface area (Å²) in [6.45, 7) is 9.11. The second-order valence-electron chi connectivity index (χ2n) is 7.19. The Kier molecular flexibility index (Phi) is 6.81. The van der Waals surface area contributed by atoms with E-state index in [0.717, 1.165) is 23.3 Å². The average Bonchev–Trinajstić information content (AvgIpc) is 2.83. The maximum atomic E-state index is 12.4. The summed E-state index contributed by atoms with van der Waals surface area (Å²) in [5.74, 6) is -0.131. The lowest BCUT2D eigenvalue weighted by atomic mass is 9.78. The predicted octanol–water partition coefficient (Wildman–Crippen LogP) is 3.42. The third-order valence-corrected chi connectivity index (χ3v) is 6.39. The summed E-state index contributed by atoms with van der Waals surface area (Å²) in [7, 11) is 0. The molecule has 1 aliphatic rings. The topological polar surface area (TPSA) is 84.5 Å². The van der Waals surface area contributed by atoms with Crippen LogP contribution in [-0.4, -0.2) is 30.4 Å². The van der Waals surface area contributed by atoms with Gasteiger partial charge < -0.3 is 15.4 Å². The molecule has 26 heavy (non-hydrogen) atoms. The van der Waals surface area contributed by atoms with Gasteiger partial charge in [0.2, 0.25) is 5.91 Å². The second-order valence-corrected chi connectivity index (χ2v) is 8.41. The molecule has 1 aliphatic carbocycles. The molecular weight excluding hydrogens is 352 g/mol. The number of aryl methyl sites for hydroxylation is 1. The van der Waals surface area contributed by atoms with Gasteiger partial charge in [0.15, 0.2) is 6.61 Å². The molecule has 144 valence electrons. The molecule has 3 unspecified atom stereocenters. The van der Waals surface area contributed by atoms with Crippen LogP contribution in [0.4, 0.5) is 5.00 Å². The molecule has 1 saturated carbocycles. The first-order valence-electron chi connectivity index (χ1n) is 9.04. The van der Waals surface area contributed by atoms with E-state index in [4.69, 9.17) is 4.74 Å². The normalized spacial score (nSPS) is 22.6. The van der Waals surface area contributed by atoms with Gasteiger partial charge in [0, 0.05) is 17.8 Å². The van der Waals surface area contributed by atoms with Crippen molar-refractivity contribution < 1.29 is 19.1 Å². The number of ether oxygens (including phenoxy) is 1. The third kappa shape index (κ3) is 4.84. The van der Waals surface area contributed by atoms with Crippen LogP contribution in [0.25, 0.3) is 0 Å². The van der Waals surface area contributed by atoms with Crippen LogP contribution in [0.3, 0.4) is 0 Å². The third-order valence-electron chi connectivity index (χ3n) is 5.27. The van der Waals surface area contributed by atoms with Crippen LogP contribution in [0.2, 0.25) is 0 Å². The fourth-order valence-electron chi connectivity index (χ4n) is 3.36. The van der Waals surface area contributed by atoms with Gasteiger partial charge in [-0.15, -0.1) is 11.3 Å². The highest BCUT2D eigenvalue weighted by atomic mass is 32.1. The number of anilines is 1. The molecule has 1 aromatic heterocycles. The minimum Gasteiger partial charge on any atom is -0.452 e. The highest BCUT2D eigenvalue weighted by molar-refractivity contribution is 7.16. The van der Waals surface area contributed by atoms with Gasteiger partial charge in [-0.3, -0.25) is 9.59 Å². The van der Waals surface area contributed by atoms with Gasteiger partial charge in [0.25, 0.3) is 5.91 Å². The van der Waals surface area contributed by atoms with Crippen LogP contribution < -0.4 is 10.6 Å². The van der Waals surface area contributed by atoms with E-state index >= 15 is 0 Å². The summed E-state index contributed by atoms with van der Waals surface area (Å²) in [5, 5.41) is 6.11. The van der Waals surface area contributed by atoms with Crippen molar-refractivity contribution in [3.63, 3.8) is 0 Å². The molecule has 1 heterocycles. The van der Waals surface area contributed by atoms with Crippen LogP contribution in [-0.2, 0) is 14.3 Å². The molecule has 0 aliphatic heterocycles. The van der Waals surface area contributed by atoms with E-state index in [2.05, 4.69) is 24.5 Å². The van der Waals surface area contributed by atoms with E-state index in [0.29, 0.717) is 22.4 Å². The lowest BCUT2D eigenvalue weighted by Crippen LogP contribution is -2.45. The van der Waals surface area contributed by atoms with E-state index < -0.39 is 5.97 Å². The van der Waals surface area contributed by atoms with E-state index in [1.807, 2.05) is 6.92 Å². The monoisotopic (exact) mass is 380 g/mol. The molecule has 0 radical (unpaired) electrons. The second kappa shape index (κ2) is 8.66. The van der Waals surface area contributed by atoms with Gasteiger partial charge in [-0.25, -0.2) is 4.79 Å². The van der Waals surface area contributed by atoms with Crippen LogP contribution in [0.1, 0.15) is 60.8 Å². The van der Waals surface area contributed by atoms with Gasteiger partial charge in [-0.1, -0.05) is 26.7 Å². The van der Waals surface area contributed by atoms with Crippen LogP contribution >= 0.6 is 11.3 Å². The van der Waals surface area contributed by atoms with Gasteiger partial charge >= 0.3 is 5.97 Å². The number of carbonyl (C=O) groups excluding carboxylic acids is 3. The Balaban J connectivity index is 1.96. The van der Waals surface area contributed by atoms with E-state index in [1.54, 1.807) is 6.92 Å². The Hall–Kier alpha value is -1.89. The summed E-state index contributed by atoms with van der Waals surface area (Å²) in [5.41, 5.74) is 1.09. The molecule has 2 N–H and O–H groups in total. The summed E-state index contributed by atoms with van der Waals surface area (Å²) in [4.78, 5) is 36.9. The van der Waals surface area contributed by atoms with Gasteiger partial charge in [-0.2, -0.15) is 0 Å².